The molecule has 3 aromatic rings. The molecule has 1 fully saturated rings. The fourth-order valence-electron chi connectivity index (χ4n) is 4.45. The highest BCUT2D eigenvalue weighted by molar-refractivity contribution is 6.74. The van der Waals surface area contributed by atoms with Crippen LogP contribution in [0.3, 0.4) is 0 Å². The van der Waals surface area contributed by atoms with E-state index in [1.165, 1.54) is 0 Å². The maximum Gasteiger partial charge on any atom is 0.251 e. The van der Waals surface area contributed by atoms with Gasteiger partial charge in [0.1, 0.15) is 12.2 Å². The van der Waals surface area contributed by atoms with Crippen LogP contribution in [0, 0.1) is 0 Å². The second kappa shape index (κ2) is 13.7. The van der Waals surface area contributed by atoms with E-state index in [-0.39, 0.29) is 17.6 Å². The standard InChI is InChI=1S/C33H43NO5Si/c1-33(2,3)40(4,5)39-31-30(38-23-27-19-13-8-14-20-27)29(37-22-26-17-11-7-12-18-26)28(34-32(31)35)24-36-21-25-15-9-6-10-16-25/h6-20,28-31H,21-24H2,1-5H3,(H,34,35)/t28-,29-,30+,31-/m1/s1. The first kappa shape index (κ1) is 30.2. The van der Waals surface area contributed by atoms with Crippen molar-refractivity contribution >= 4 is 14.2 Å². The number of carbonyl (C=O) groups excluding carboxylic acids is 1. The minimum absolute atomic E-state index is 0.0761. The van der Waals surface area contributed by atoms with Gasteiger partial charge in [0.25, 0.3) is 5.91 Å². The molecule has 0 spiro atoms. The van der Waals surface area contributed by atoms with Gasteiger partial charge in [0.15, 0.2) is 14.4 Å². The third kappa shape index (κ3) is 8.12. The number of benzene rings is 3. The second-order valence-corrected chi connectivity index (χ2v) is 16.7. The van der Waals surface area contributed by atoms with Gasteiger partial charge in [0.2, 0.25) is 0 Å². The molecule has 0 aliphatic carbocycles. The molecule has 1 aliphatic heterocycles. The number of amides is 1. The lowest BCUT2D eigenvalue weighted by atomic mass is 9.95. The molecule has 40 heavy (non-hydrogen) atoms. The van der Waals surface area contributed by atoms with Crippen LogP contribution in [0.25, 0.3) is 0 Å². The number of piperidine rings is 1. The molecule has 6 nitrogen and oxygen atoms in total. The summed E-state index contributed by atoms with van der Waals surface area (Å²) in [6.45, 7) is 12.3. The Morgan fingerprint density at radius 2 is 1.15 bits per heavy atom. The van der Waals surface area contributed by atoms with Gasteiger partial charge < -0.3 is 24.0 Å². The van der Waals surface area contributed by atoms with Crippen molar-refractivity contribution in [2.24, 2.45) is 0 Å². The Morgan fingerprint density at radius 3 is 1.62 bits per heavy atom. The average molecular weight is 562 g/mol. The Bertz CT molecular complexity index is 1180. The minimum atomic E-state index is -2.32. The monoisotopic (exact) mass is 561 g/mol. The molecule has 4 rings (SSSR count). The van der Waals surface area contributed by atoms with Crippen molar-refractivity contribution in [3.05, 3.63) is 108 Å². The van der Waals surface area contributed by atoms with Crippen LogP contribution >= 0.6 is 0 Å². The van der Waals surface area contributed by atoms with E-state index in [2.05, 4.69) is 39.2 Å². The van der Waals surface area contributed by atoms with Crippen LogP contribution in [0.4, 0.5) is 0 Å². The molecule has 214 valence electrons. The van der Waals surface area contributed by atoms with Crippen LogP contribution < -0.4 is 5.32 Å². The number of carbonyl (C=O) groups is 1. The molecule has 0 aromatic heterocycles. The van der Waals surface area contributed by atoms with E-state index in [9.17, 15) is 4.79 Å². The molecule has 3 aromatic carbocycles. The van der Waals surface area contributed by atoms with Crippen LogP contribution in [-0.2, 0) is 43.3 Å². The molecule has 1 aliphatic rings. The number of ether oxygens (including phenoxy) is 3. The van der Waals surface area contributed by atoms with Crippen molar-refractivity contribution in [2.75, 3.05) is 6.61 Å². The minimum Gasteiger partial charge on any atom is -0.403 e. The summed E-state index contributed by atoms with van der Waals surface area (Å²) in [5.41, 5.74) is 3.15. The Balaban J connectivity index is 1.60. The van der Waals surface area contributed by atoms with Crippen molar-refractivity contribution in [3.8, 4) is 0 Å². The molecular formula is C33H43NO5Si. The van der Waals surface area contributed by atoms with Crippen molar-refractivity contribution in [1.29, 1.82) is 0 Å². The number of hydrogen-bond acceptors (Lipinski definition) is 5. The molecule has 0 bridgehead atoms. The first-order valence-corrected chi connectivity index (χ1v) is 17.0. The number of nitrogens with one attached hydrogen (secondary N) is 1. The fourth-order valence-corrected chi connectivity index (χ4v) is 5.68. The van der Waals surface area contributed by atoms with Gasteiger partial charge in [-0.3, -0.25) is 4.79 Å². The number of rotatable bonds is 12. The molecule has 1 saturated heterocycles. The Kier molecular flexibility index (Phi) is 10.3. The van der Waals surface area contributed by atoms with Gasteiger partial charge >= 0.3 is 0 Å². The van der Waals surface area contributed by atoms with Crippen LogP contribution in [0.1, 0.15) is 37.5 Å². The highest BCUT2D eigenvalue weighted by atomic mass is 28.4. The predicted octanol–water partition coefficient (Wildman–Crippen LogP) is 6.26. The topological polar surface area (TPSA) is 66.0 Å². The Morgan fingerprint density at radius 1 is 0.700 bits per heavy atom. The van der Waals surface area contributed by atoms with Crippen molar-refractivity contribution in [2.45, 2.75) is 83.1 Å². The summed E-state index contributed by atoms with van der Waals surface area (Å²) in [5, 5.41) is 3.09. The zero-order valence-corrected chi connectivity index (χ0v) is 25.3. The van der Waals surface area contributed by atoms with Crippen molar-refractivity contribution in [3.63, 3.8) is 0 Å². The smallest absolute Gasteiger partial charge is 0.251 e. The zero-order chi connectivity index (χ0) is 28.6. The van der Waals surface area contributed by atoms with E-state index in [0.29, 0.717) is 19.8 Å². The molecular weight excluding hydrogens is 518 g/mol. The average Bonchev–Trinajstić information content (AvgIpc) is 2.94. The maximum atomic E-state index is 13.7. The molecule has 0 unspecified atom stereocenters. The van der Waals surface area contributed by atoms with E-state index in [1.54, 1.807) is 0 Å². The van der Waals surface area contributed by atoms with E-state index in [4.69, 9.17) is 18.6 Å². The van der Waals surface area contributed by atoms with Gasteiger partial charge in [-0.05, 0) is 34.8 Å². The van der Waals surface area contributed by atoms with Gasteiger partial charge in [-0.1, -0.05) is 112 Å². The van der Waals surface area contributed by atoms with Crippen LogP contribution in [0.5, 0.6) is 0 Å². The fraction of sp³-hybridized carbons (Fsp3) is 0.424. The summed E-state index contributed by atoms with van der Waals surface area (Å²) in [6, 6.07) is 29.6. The zero-order valence-electron chi connectivity index (χ0n) is 24.3. The summed E-state index contributed by atoms with van der Waals surface area (Å²) >= 11 is 0. The van der Waals surface area contributed by atoms with Gasteiger partial charge in [-0.2, -0.15) is 0 Å². The number of hydrogen-bond donors (Lipinski definition) is 1. The van der Waals surface area contributed by atoms with Crippen LogP contribution in [-0.4, -0.2) is 45.2 Å². The van der Waals surface area contributed by atoms with E-state index in [0.717, 1.165) is 16.7 Å². The predicted molar refractivity (Wildman–Crippen MR) is 160 cm³/mol. The Labute approximate surface area is 240 Å². The second-order valence-electron chi connectivity index (χ2n) is 11.9. The molecule has 0 saturated carbocycles. The summed E-state index contributed by atoms with van der Waals surface area (Å²) in [5.74, 6) is -0.184. The van der Waals surface area contributed by atoms with Crippen LogP contribution in [0.2, 0.25) is 18.1 Å². The third-order valence-electron chi connectivity index (χ3n) is 7.81. The lowest BCUT2D eigenvalue weighted by molar-refractivity contribution is -0.178. The van der Waals surface area contributed by atoms with Crippen molar-refractivity contribution < 1.29 is 23.4 Å². The summed E-state index contributed by atoms with van der Waals surface area (Å²) in [4.78, 5) is 13.7. The maximum absolute atomic E-state index is 13.7. The molecule has 0 radical (unpaired) electrons. The molecule has 1 heterocycles. The SMILES string of the molecule is CC(C)(C)[Si](C)(C)O[C@H]1C(=O)N[C@H](COCc2ccccc2)[C@@H](OCc2ccccc2)[C@@H]1OCc1ccccc1. The van der Waals surface area contributed by atoms with Gasteiger partial charge in [0, 0.05) is 0 Å². The van der Waals surface area contributed by atoms with Crippen molar-refractivity contribution in [1.82, 2.24) is 5.32 Å². The third-order valence-corrected chi connectivity index (χ3v) is 12.3. The molecule has 7 heteroatoms. The van der Waals surface area contributed by atoms with Gasteiger partial charge in [-0.15, -0.1) is 0 Å². The van der Waals surface area contributed by atoms with E-state index in [1.807, 2.05) is 91.0 Å². The quantitative estimate of drug-likeness (QED) is 0.264. The first-order valence-electron chi connectivity index (χ1n) is 14.0. The van der Waals surface area contributed by atoms with Gasteiger partial charge in [-0.25, -0.2) is 0 Å². The first-order chi connectivity index (χ1) is 19.1. The lowest BCUT2D eigenvalue weighted by Crippen LogP contribution is -2.67. The summed E-state index contributed by atoms with van der Waals surface area (Å²) < 4.78 is 26.0. The van der Waals surface area contributed by atoms with E-state index >= 15 is 0 Å². The summed E-state index contributed by atoms with van der Waals surface area (Å²) in [6.07, 6.45) is -1.89. The highest BCUT2D eigenvalue weighted by Gasteiger charge is 2.50. The summed E-state index contributed by atoms with van der Waals surface area (Å²) in [7, 11) is -2.32. The molecule has 1 N–H and O–H groups in total. The molecule has 1 amide bonds. The van der Waals surface area contributed by atoms with Gasteiger partial charge in [0.05, 0.1) is 32.5 Å². The van der Waals surface area contributed by atoms with E-state index < -0.39 is 32.7 Å². The highest BCUT2D eigenvalue weighted by Crippen LogP contribution is 2.39. The lowest BCUT2D eigenvalue weighted by Gasteiger charge is -2.46. The Hall–Kier alpha value is -2.81. The largest absolute Gasteiger partial charge is 0.403 e. The normalized spacial score (nSPS) is 21.7. The van der Waals surface area contributed by atoms with Crippen LogP contribution in [0.15, 0.2) is 91.0 Å². The molecule has 4 atom stereocenters.